The summed E-state index contributed by atoms with van der Waals surface area (Å²) in [6, 6.07) is 9.00. The van der Waals surface area contributed by atoms with E-state index >= 15 is 0 Å². The Morgan fingerprint density at radius 3 is 2.66 bits per heavy atom. The van der Waals surface area contributed by atoms with Crippen LogP contribution in [-0.4, -0.2) is 58.2 Å². The number of hydrogen-bond acceptors (Lipinski definition) is 6. The zero-order valence-electron chi connectivity index (χ0n) is 24.2. The summed E-state index contributed by atoms with van der Waals surface area (Å²) >= 11 is 0. The van der Waals surface area contributed by atoms with Crippen LogP contribution in [0.3, 0.4) is 0 Å². The number of methoxy groups -OCH3 is 1. The van der Waals surface area contributed by atoms with Crippen LogP contribution in [0.25, 0.3) is 10.9 Å². The first-order chi connectivity index (χ1) is 19.8. The lowest BCUT2D eigenvalue weighted by Gasteiger charge is -2.29. The number of ether oxygens (including phenoxy) is 1. The fourth-order valence-corrected chi connectivity index (χ4v) is 5.25. The molecule has 0 saturated carbocycles. The van der Waals surface area contributed by atoms with Crippen molar-refractivity contribution in [1.29, 1.82) is 0 Å². The fraction of sp³-hybridized carbons (Fsp3) is 0.438. The molecule has 0 bridgehead atoms. The number of aromatic amines is 1. The summed E-state index contributed by atoms with van der Waals surface area (Å²) in [7, 11) is 1.62. The second-order valence-corrected chi connectivity index (χ2v) is 10.8. The van der Waals surface area contributed by atoms with Crippen molar-refractivity contribution in [3.63, 3.8) is 0 Å². The maximum atomic E-state index is 13.4. The Hall–Kier alpha value is -4.14. The van der Waals surface area contributed by atoms with Crippen LogP contribution in [0.4, 0.5) is 0 Å². The molecule has 0 radical (unpaired) electrons. The maximum absolute atomic E-state index is 13.4. The Morgan fingerprint density at radius 2 is 1.95 bits per heavy atom. The number of aryl methyl sites for hydroxylation is 1. The number of Topliss-reactive ketones (excluding diaryl/α,β-unsaturated/α-hetero) is 1. The minimum absolute atomic E-state index is 0.100. The van der Waals surface area contributed by atoms with Crippen LogP contribution in [0.5, 0.6) is 5.75 Å². The summed E-state index contributed by atoms with van der Waals surface area (Å²) < 4.78 is 5.38. The zero-order chi connectivity index (χ0) is 29.2. The van der Waals surface area contributed by atoms with Crippen molar-refractivity contribution >= 4 is 28.5 Å². The predicted molar refractivity (Wildman–Crippen MR) is 159 cm³/mol. The van der Waals surface area contributed by atoms with Gasteiger partial charge in [-0.15, -0.1) is 0 Å². The van der Waals surface area contributed by atoms with Gasteiger partial charge < -0.3 is 30.0 Å². The minimum Gasteiger partial charge on any atom is -0.497 e. The van der Waals surface area contributed by atoms with Gasteiger partial charge in [0.15, 0.2) is 0 Å². The van der Waals surface area contributed by atoms with Gasteiger partial charge >= 0.3 is 0 Å². The van der Waals surface area contributed by atoms with Crippen molar-refractivity contribution in [2.45, 2.75) is 77.4 Å². The summed E-state index contributed by atoms with van der Waals surface area (Å²) in [6.07, 6.45) is 12.0. The first-order valence-corrected chi connectivity index (χ1v) is 14.4. The molecule has 2 aromatic heterocycles. The van der Waals surface area contributed by atoms with Gasteiger partial charge in [0.25, 0.3) is 0 Å². The van der Waals surface area contributed by atoms with Gasteiger partial charge in [-0.05, 0) is 86.8 Å². The highest BCUT2D eigenvalue weighted by Crippen LogP contribution is 2.27. The molecular formula is C32H41N5O4. The number of pyridine rings is 1. The van der Waals surface area contributed by atoms with Crippen LogP contribution in [0.15, 0.2) is 55.0 Å². The van der Waals surface area contributed by atoms with E-state index in [0.29, 0.717) is 12.8 Å². The standard InChI is InChI=1S/C32H41N5O4/c1-22(38)7-5-4-6-8-30(32(40)35-25-13-17-37(18-14-25)21-24-11-15-33-16-12-24)36-31(39)20-27-23(2)34-29-10-9-26(41-3)19-28(27)29/h9-13,15-17,19,25,30,34H,4-8,14,18,20-21H2,1-3H3,(H,35,40)(H,36,39)/t25?,30-/m0/s1. The van der Waals surface area contributed by atoms with Crippen LogP contribution in [-0.2, 0) is 27.3 Å². The zero-order valence-corrected chi connectivity index (χ0v) is 24.2. The number of carbonyl (C=O) groups is 3. The Balaban J connectivity index is 1.38. The van der Waals surface area contributed by atoms with Crippen molar-refractivity contribution in [2.75, 3.05) is 13.7 Å². The molecule has 9 heteroatoms. The average molecular weight is 560 g/mol. The second-order valence-electron chi connectivity index (χ2n) is 10.8. The monoisotopic (exact) mass is 559 g/mol. The van der Waals surface area contributed by atoms with Gasteiger partial charge in [-0.3, -0.25) is 14.6 Å². The fourth-order valence-electron chi connectivity index (χ4n) is 5.25. The first kappa shape index (κ1) is 29.8. The van der Waals surface area contributed by atoms with E-state index in [1.165, 1.54) is 5.56 Å². The van der Waals surface area contributed by atoms with E-state index in [1.54, 1.807) is 26.4 Å². The van der Waals surface area contributed by atoms with Gasteiger partial charge in [-0.1, -0.05) is 12.8 Å². The number of rotatable bonds is 14. The highest BCUT2D eigenvalue weighted by Gasteiger charge is 2.25. The number of hydrogen-bond donors (Lipinski definition) is 3. The van der Waals surface area contributed by atoms with E-state index in [1.807, 2.05) is 49.5 Å². The molecule has 0 spiro atoms. The highest BCUT2D eigenvalue weighted by atomic mass is 16.5. The molecule has 0 aliphatic carbocycles. The quantitative estimate of drug-likeness (QED) is 0.253. The van der Waals surface area contributed by atoms with Crippen molar-refractivity contribution in [2.24, 2.45) is 0 Å². The smallest absolute Gasteiger partial charge is 0.243 e. The summed E-state index contributed by atoms with van der Waals surface area (Å²) in [5, 5.41) is 7.07. The normalized spacial score (nSPS) is 15.5. The number of fused-ring (bicyclic) bond motifs is 1. The lowest BCUT2D eigenvalue weighted by atomic mass is 10.0. The third kappa shape index (κ3) is 8.67. The number of aromatic nitrogens is 2. The highest BCUT2D eigenvalue weighted by molar-refractivity contribution is 5.93. The van der Waals surface area contributed by atoms with Gasteiger partial charge in [0.05, 0.1) is 19.6 Å². The van der Waals surface area contributed by atoms with Gasteiger partial charge in [0.2, 0.25) is 11.8 Å². The molecule has 9 nitrogen and oxygen atoms in total. The lowest BCUT2D eigenvalue weighted by molar-refractivity contribution is -0.129. The van der Waals surface area contributed by atoms with E-state index in [2.05, 4.69) is 25.5 Å². The molecule has 218 valence electrons. The molecule has 1 aliphatic heterocycles. The molecule has 1 aliphatic rings. The van der Waals surface area contributed by atoms with Crippen LogP contribution in [0.2, 0.25) is 0 Å². The largest absolute Gasteiger partial charge is 0.497 e. The van der Waals surface area contributed by atoms with E-state index in [-0.39, 0.29) is 30.1 Å². The van der Waals surface area contributed by atoms with E-state index in [9.17, 15) is 14.4 Å². The Labute approximate surface area is 241 Å². The lowest BCUT2D eigenvalue weighted by Crippen LogP contribution is -2.50. The molecule has 2 amide bonds. The second kappa shape index (κ2) is 14.5. The number of amides is 2. The summed E-state index contributed by atoms with van der Waals surface area (Å²) in [5.41, 5.74) is 3.93. The van der Waals surface area contributed by atoms with Gasteiger partial charge in [0.1, 0.15) is 17.6 Å². The predicted octanol–water partition coefficient (Wildman–Crippen LogP) is 4.35. The number of benzene rings is 1. The van der Waals surface area contributed by atoms with Crippen LogP contribution < -0.4 is 15.4 Å². The van der Waals surface area contributed by atoms with Gasteiger partial charge in [0, 0.05) is 48.5 Å². The van der Waals surface area contributed by atoms with Crippen molar-refractivity contribution in [3.8, 4) is 5.75 Å². The number of nitrogens with zero attached hydrogens (tertiary/aromatic N) is 2. The number of nitrogens with one attached hydrogen (secondary N) is 3. The number of carbonyl (C=O) groups excluding carboxylic acids is 3. The topological polar surface area (TPSA) is 116 Å². The van der Waals surface area contributed by atoms with Gasteiger partial charge in [-0.2, -0.15) is 0 Å². The Morgan fingerprint density at radius 1 is 1.15 bits per heavy atom. The summed E-state index contributed by atoms with van der Waals surface area (Å²) in [6.45, 7) is 5.14. The number of H-pyrrole nitrogens is 1. The van der Waals surface area contributed by atoms with Crippen molar-refractivity contribution < 1.29 is 19.1 Å². The molecule has 41 heavy (non-hydrogen) atoms. The summed E-state index contributed by atoms with van der Waals surface area (Å²) in [4.78, 5) is 47.6. The molecule has 0 fully saturated rings. The Bertz CT molecular complexity index is 1370. The van der Waals surface area contributed by atoms with Crippen molar-refractivity contribution in [3.05, 3.63) is 71.8 Å². The molecule has 0 saturated heterocycles. The molecular weight excluding hydrogens is 518 g/mol. The molecule has 3 heterocycles. The minimum atomic E-state index is -0.650. The van der Waals surface area contributed by atoms with Crippen LogP contribution in [0, 0.1) is 6.92 Å². The molecule has 2 atom stereocenters. The van der Waals surface area contributed by atoms with Gasteiger partial charge in [-0.25, -0.2) is 0 Å². The van der Waals surface area contributed by atoms with E-state index < -0.39 is 6.04 Å². The maximum Gasteiger partial charge on any atom is 0.243 e. The van der Waals surface area contributed by atoms with Crippen LogP contribution in [0.1, 0.15) is 62.3 Å². The average Bonchev–Trinajstić information content (AvgIpc) is 3.27. The SMILES string of the molecule is COc1ccc2[nH]c(C)c(CC(=O)N[C@@H](CCCCCC(C)=O)C(=O)NC3C=CN(Cc4ccncc4)CC3)c2c1. The summed E-state index contributed by atoms with van der Waals surface area (Å²) in [5.74, 6) is 0.504. The third-order valence-electron chi connectivity index (χ3n) is 7.56. The molecule has 4 rings (SSSR count). The molecule has 3 N–H and O–H groups in total. The molecule has 1 aromatic carbocycles. The first-order valence-electron chi connectivity index (χ1n) is 14.4. The Kier molecular flexibility index (Phi) is 10.5. The number of unbranched alkanes of at least 4 members (excludes halogenated alkanes) is 2. The third-order valence-corrected chi connectivity index (χ3v) is 7.56. The van der Waals surface area contributed by atoms with Crippen LogP contribution >= 0.6 is 0 Å². The van der Waals surface area contributed by atoms with Crippen molar-refractivity contribution in [1.82, 2.24) is 25.5 Å². The molecule has 1 unspecified atom stereocenters. The molecule has 3 aromatic rings. The van der Waals surface area contributed by atoms with E-state index in [4.69, 9.17) is 4.74 Å². The van der Waals surface area contributed by atoms with E-state index in [0.717, 1.165) is 66.7 Å². The number of ketones is 1.